The van der Waals surface area contributed by atoms with E-state index in [-0.39, 0.29) is 12.2 Å². The van der Waals surface area contributed by atoms with Crippen LogP contribution in [0.3, 0.4) is 0 Å². The molecule has 0 saturated heterocycles. The van der Waals surface area contributed by atoms with Crippen LogP contribution in [0.1, 0.15) is 21.5 Å². The van der Waals surface area contributed by atoms with Crippen LogP contribution in [0.4, 0.5) is 0 Å². The molecule has 0 aromatic heterocycles. The zero-order chi connectivity index (χ0) is 20.8. The molecule has 0 atom stereocenters. The molecular formula is C23H14Cl3NO2. The number of para-hydroxylation sites is 1. The van der Waals surface area contributed by atoms with Gasteiger partial charge >= 0.3 is 0 Å². The fourth-order valence-electron chi connectivity index (χ4n) is 2.61. The second-order valence-corrected chi connectivity index (χ2v) is 7.28. The molecule has 6 heteroatoms. The van der Waals surface area contributed by atoms with E-state index in [9.17, 15) is 10.1 Å². The van der Waals surface area contributed by atoms with E-state index in [2.05, 4.69) is 0 Å². The van der Waals surface area contributed by atoms with Crippen LogP contribution in [0.5, 0.6) is 5.75 Å². The van der Waals surface area contributed by atoms with Crippen molar-refractivity contribution in [2.24, 2.45) is 0 Å². The third kappa shape index (κ3) is 5.19. The number of allylic oxidation sites excluding steroid dienone is 1. The summed E-state index contributed by atoms with van der Waals surface area (Å²) in [5, 5.41) is 11.0. The molecule has 0 aliphatic rings. The molecule has 0 fully saturated rings. The Kier molecular flexibility index (Phi) is 6.95. The minimum absolute atomic E-state index is 0.0147. The Morgan fingerprint density at radius 1 is 0.931 bits per heavy atom. The largest absolute Gasteiger partial charge is 0.488 e. The molecule has 0 N–H and O–H groups in total. The molecular weight excluding hydrogens is 429 g/mol. The standard InChI is InChI=1S/C23H14Cl3NO2/c24-18-10-8-15(9-11-18)23(28)17(13-27)12-16-4-1-2-7-22(16)29-14-19-20(25)5-3-6-21(19)26/h1-12H,14H2. The average Bonchev–Trinajstić information content (AvgIpc) is 2.72. The van der Waals surface area contributed by atoms with Crippen LogP contribution >= 0.6 is 34.8 Å². The van der Waals surface area contributed by atoms with E-state index < -0.39 is 5.78 Å². The summed E-state index contributed by atoms with van der Waals surface area (Å²) in [4.78, 5) is 12.7. The zero-order valence-corrected chi connectivity index (χ0v) is 17.3. The molecule has 3 rings (SSSR count). The number of benzene rings is 3. The molecule has 0 aliphatic heterocycles. The maximum atomic E-state index is 12.7. The van der Waals surface area contributed by atoms with Gasteiger partial charge in [0.1, 0.15) is 24.0 Å². The maximum Gasteiger partial charge on any atom is 0.203 e. The van der Waals surface area contributed by atoms with Crippen LogP contribution in [-0.2, 0) is 6.61 Å². The van der Waals surface area contributed by atoms with Gasteiger partial charge in [-0.2, -0.15) is 5.26 Å². The summed E-state index contributed by atoms with van der Waals surface area (Å²) in [6.45, 7) is 0.149. The number of Topliss-reactive ketones (excluding diaryl/α,β-unsaturated/α-hetero) is 1. The molecule has 3 aromatic carbocycles. The molecule has 0 aliphatic carbocycles. The lowest BCUT2D eigenvalue weighted by atomic mass is 10.0. The number of nitrogens with zero attached hydrogens (tertiary/aromatic N) is 1. The third-order valence-electron chi connectivity index (χ3n) is 4.12. The lowest BCUT2D eigenvalue weighted by Crippen LogP contribution is -2.02. The predicted molar refractivity (Wildman–Crippen MR) is 117 cm³/mol. The van der Waals surface area contributed by atoms with Gasteiger partial charge < -0.3 is 4.74 Å². The Balaban J connectivity index is 1.88. The number of halogens is 3. The molecule has 0 radical (unpaired) electrons. The molecule has 144 valence electrons. The Labute approximate surface area is 183 Å². The van der Waals surface area contributed by atoms with Gasteiger partial charge in [-0.25, -0.2) is 0 Å². The van der Waals surface area contributed by atoms with Crippen LogP contribution in [-0.4, -0.2) is 5.78 Å². The second-order valence-electron chi connectivity index (χ2n) is 6.03. The van der Waals surface area contributed by atoms with Crippen LogP contribution in [0.2, 0.25) is 15.1 Å². The smallest absolute Gasteiger partial charge is 0.203 e. The van der Waals surface area contributed by atoms with Gasteiger partial charge in [-0.05, 0) is 48.5 Å². The summed E-state index contributed by atoms with van der Waals surface area (Å²) in [6, 6.07) is 20.7. The number of rotatable bonds is 6. The summed E-state index contributed by atoms with van der Waals surface area (Å²) >= 11 is 18.2. The molecule has 0 heterocycles. The fraction of sp³-hybridized carbons (Fsp3) is 0.0435. The molecule has 0 spiro atoms. The van der Waals surface area contributed by atoms with Gasteiger partial charge in [0, 0.05) is 31.8 Å². The van der Waals surface area contributed by atoms with Crippen LogP contribution in [0.25, 0.3) is 6.08 Å². The molecule has 0 bridgehead atoms. The Morgan fingerprint density at radius 2 is 1.59 bits per heavy atom. The van der Waals surface area contributed by atoms with Crippen LogP contribution in [0, 0.1) is 11.3 Å². The minimum atomic E-state index is -0.395. The molecule has 29 heavy (non-hydrogen) atoms. The highest BCUT2D eigenvalue weighted by Gasteiger charge is 2.14. The van der Waals surface area contributed by atoms with Crippen molar-refractivity contribution in [3.8, 4) is 11.8 Å². The van der Waals surface area contributed by atoms with Gasteiger partial charge in [0.25, 0.3) is 0 Å². The van der Waals surface area contributed by atoms with Gasteiger partial charge in [0.15, 0.2) is 0 Å². The minimum Gasteiger partial charge on any atom is -0.488 e. The van der Waals surface area contributed by atoms with E-state index in [1.807, 2.05) is 6.07 Å². The van der Waals surface area contributed by atoms with Crippen molar-refractivity contribution in [3.63, 3.8) is 0 Å². The third-order valence-corrected chi connectivity index (χ3v) is 5.08. The van der Waals surface area contributed by atoms with E-state index >= 15 is 0 Å². The summed E-state index contributed by atoms with van der Waals surface area (Å²) in [5.41, 5.74) is 1.62. The van der Waals surface area contributed by atoms with Crippen LogP contribution < -0.4 is 4.74 Å². The zero-order valence-electron chi connectivity index (χ0n) is 15.0. The summed E-state index contributed by atoms with van der Waals surface area (Å²) < 4.78 is 5.88. The summed E-state index contributed by atoms with van der Waals surface area (Å²) in [7, 11) is 0. The fourth-order valence-corrected chi connectivity index (χ4v) is 3.24. The Bertz CT molecular complexity index is 1100. The van der Waals surface area contributed by atoms with Crippen molar-refractivity contribution in [2.45, 2.75) is 6.61 Å². The highest BCUT2D eigenvalue weighted by atomic mass is 35.5. The van der Waals surface area contributed by atoms with Gasteiger partial charge in [0.2, 0.25) is 5.78 Å². The maximum absolute atomic E-state index is 12.7. The van der Waals surface area contributed by atoms with Crippen molar-refractivity contribution in [2.75, 3.05) is 0 Å². The number of hydrogen-bond donors (Lipinski definition) is 0. The number of ketones is 1. The monoisotopic (exact) mass is 441 g/mol. The van der Waals surface area contributed by atoms with Gasteiger partial charge in [-0.1, -0.05) is 59.1 Å². The molecule has 3 aromatic rings. The number of carbonyl (C=O) groups is 1. The normalized spacial score (nSPS) is 11.0. The molecule has 0 amide bonds. The quantitative estimate of drug-likeness (QED) is 0.234. The van der Waals surface area contributed by atoms with Gasteiger partial charge in [-0.15, -0.1) is 0 Å². The first kappa shape index (κ1) is 21.0. The summed E-state index contributed by atoms with van der Waals surface area (Å²) in [6.07, 6.45) is 1.50. The van der Waals surface area contributed by atoms with E-state index in [1.54, 1.807) is 66.7 Å². The highest BCUT2D eigenvalue weighted by molar-refractivity contribution is 6.36. The van der Waals surface area contributed by atoms with Gasteiger partial charge in [-0.3, -0.25) is 4.79 Å². The number of nitriles is 1. The van der Waals surface area contributed by atoms with Crippen LogP contribution in [0.15, 0.2) is 72.3 Å². The Hall–Kier alpha value is -2.77. The van der Waals surface area contributed by atoms with E-state index in [4.69, 9.17) is 39.5 Å². The Morgan fingerprint density at radius 3 is 2.24 bits per heavy atom. The number of hydrogen-bond acceptors (Lipinski definition) is 3. The first-order valence-electron chi connectivity index (χ1n) is 8.56. The topological polar surface area (TPSA) is 50.1 Å². The van der Waals surface area contributed by atoms with Crippen molar-refractivity contribution in [1.82, 2.24) is 0 Å². The van der Waals surface area contributed by atoms with Crippen molar-refractivity contribution < 1.29 is 9.53 Å². The number of carbonyl (C=O) groups excluding carboxylic acids is 1. The first-order chi connectivity index (χ1) is 14.0. The summed E-state index contributed by atoms with van der Waals surface area (Å²) in [5.74, 6) is 0.105. The van der Waals surface area contributed by atoms with Crippen molar-refractivity contribution >= 4 is 46.7 Å². The van der Waals surface area contributed by atoms with E-state index in [0.29, 0.717) is 37.5 Å². The molecule has 0 unspecified atom stereocenters. The van der Waals surface area contributed by atoms with E-state index in [0.717, 1.165) is 0 Å². The average molecular weight is 443 g/mol. The van der Waals surface area contributed by atoms with Crippen molar-refractivity contribution in [3.05, 3.63) is 104 Å². The highest BCUT2D eigenvalue weighted by Crippen LogP contribution is 2.28. The van der Waals surface area contributed by atoms with E-state index in [1.165, 1.54) is 6.08 Å². The lowest BCUT2D eigenvalue weighted by molar-refractivity contribution is 0.104. The molecule has 3 nitrogen and oxygen atoms in total. The SMILES string of the molecule is N#CC(=Cc1ccccc1OCc1c(Cl)cccc1Cl)C(=O)c1ccc(Cl)cc1. The second kappa shape index (κ2) is 9.62. The van der Waals surface area contributed by atoms with Gasteiger partial charge in [0.05, 0.1) is 0 Å². The first-order valence-corrected chi connectivity index (χ1v) is 9.70. The number of ether oxygens (including phenoxy) is 1. The lowest BCUT2D eigenvalue weighted by Gasteiger charge is -2.12. The molecule has 0 saturated carbocycles. The van der Waals surface area contributed by atoms with Crippen molar-refractivity contribution in [1.29, 1.82) is 5.26 Å². The predicted octanol–water partition coefficient (Wildman–Crippen LogP) is 7.02.